The number of rotatable bonds is 2. The lowest BCUT2D eigenvalue weighted by Crippen LogP contribution is -2.42. The summed E-state index contributed by atoms with van der Waals surface area (Å²) < 4.78 is 25.6. The van der Waals surface area contributed by atoms with Gasteiger partial charge in [0.1, 0.15) is 4.90 Å². The summed E-state index contributed by atoms with van der Waals surface area (Å²) in [7, 11) is -3.81. The summed E-state index contributed by atoms with van der Waals surface area (Å²) in [6.45, 7) is -0.0516. The summed E-state index contributed by atoms with van der Waals surface area (Å²) in [6.07, 6.45) is 0. The molecule has 0 saturated heterocycles. The van der Waals surface area contributed by atoms with Gasteiger partial charge in [0, 0.05) is 15.8 Å². The second-order valence-electron chi connectivity index (χ2n) is 4.22. The minimum Gasteiger partial charge on any atom is -0.305 e. The Morgan fingerprint density at radius 2 is 2.10 bits per heavy atom. The van der Waals surface area contributed by atoms with Gasteiger partial charge in [-0.3, -0.25) is 0 Å². The first-order chi connectivity index (χ1) is 9.48. The summed E-state index contributed by atoms with van der Waals surface area (Å²) in [4.78, 5) is 12.1. The lowest BCUT2D eigenvalue weighted by Gasteiger charge is -2.27. The summed E-state index contributed by atoms with van der Waals surface area (Å²) in [5.74, 6) is 0. The maximum absolute atomic E-state index is 12.4. The van der Waals surface area contributed by atoms with Gasteiger partial charge in [-0.05, 0) is 17.7 Å². The van der Waals surface area contributed by atoms with Gasteiger partial charge in [0.2, 0.25) is 0 Å². The van der Waals surface area contributed by atoms with E-state index in [9.17, 15) is 13.2 Å². The van der Waals surface area contributed by atoms with E-state index in [1.165, 1.54) is 16.7 Å². The van der Waals surface area contributed by atoms with E-state index in [2.05, 4.69) is 5.32 Å². The Hall–Kier alpha value is -1.57. The van der Waals surface area contributed by atoms with E-state index in [1.54, 1.807) is 29.6 Å². The molecular weight excluding hydrogens is 320 g/mol. The molecule has 1 N–H and O–H groups in total. The molecule has 1 aromatic carbocycles. The molecule has 1 aliphatic heterocycles. The molecule has 1 aromatic heterocycles. The van der Waals surface area contributed by atoms with Gasteiger partial charge >= 0.3 is 6.03 Å². The van der Waals surface area contributed by atoms with Crippen LogP contribution in [0, 0.1) is 0 Å². The van der Waals surface area contributed by atoms with Crippen LogP contribution in [0.1, 0.15) is 5.56 Å². The Labute approximate surface area is 124 Å². The van der Waals surface area contributed by atoms with Crippen molar-refractivity contribution in [2.45, 2.75) is 11.4 Å². The van der Waals surface area contributed by atoms with Gasteiger partial charge in [0.15, 0.2) is 0 Å². The first-order valence-electron chi connectivity index (χ1n) is 5.63. The van der Waals surface area contributed by atoms with Crippen molar-refractivity contribution in [3.05, 3.63) is 45.6 Å². The fourth-order valence-corrected chi connectivity index (χ4v) is 4.73. The summed E-state index contributed by atoms with van der Waals surface area (Å²) in [6, 6.07) is 6.09. The third-order valence-corrected chi connectivity index (χ3v) is 5.77. The molecule has 0 atom stereocenters. The maximum Gasteiger partial charge on any atom is 0.336 e. The molecule has 0 bridgehead atoms. The number of halogens is 1. The van der Waals surface area contributed by atoms with Crippen LogP contribution in [0.3, 0.4) is 0 Å². The molecule has 0 unspecified atom stereocenters. The van der Waals surface area contributed by atoms with Gasteiger partial charge in [0.25, 0.3) is 10.0 Å². The number of carbonyl (C=O) groups excluding carboxylic acids is 1. The SMILES string of the molecule is O=C1Nc2cscc2S(=O)(=O)N1Cc1cccc(Cl)c1. The summed E-state index contributed by atoms with van der Waals surface area (Å²) >= 11 is 7.10. The molecule has 2 amide bonds. The maximum atomic E-state index is 12.4. The van der Waals surface area contributed by atoms with Gasteiger partial charge < -0.3 is 5.32 Å². The van der Waals surface area contributed by atoms with Crippen molar-refractivity contribution >= 4 is 44.7 Å². The van der Waals surface area contributed by atoms with E-state index in [-0.39, 0.29) is 11.4 Å². The molecule has 20 heavy (non-hydrogen) atoms. The Kier molecular flexibility index (Phi) is 3.19. The summed E-state index contributed by atoms with van der Waals surface area (Å²) in [5, 5.41) is 6.17. The lowest BCUT2D eigenvalue weighted by molar-refractivity contribution is 0.233. The zero-order valence-corrected chi connectivity index (χ0v) is 12.4. The second-order valence-corrected chi connectivity index (χ2v) is 7.23. The number of thiophene rings is 1. The highest BCUT2D eigenvalue weighted by atomic mass is 35.5. The van der Waals surface area contributed by atoms with E-state index >= 15 is 0 Å². The molecule has 0 aliphatic carbocycles. The molecule has 0 saturated carbocycles. The minimum atomic E-state index is -3.81. The lowest BCUT2D eigenvalue weighted by atomic mass is 10.2. The molecule has 8 heteroatoms. The van der Waals surface area contributed by atoms with Crippen LogP contribution in [-0.2, 0) is 16.6 Å². The van der Waals surface area contributed by atoms with Crippen LogP contribution in [-0.4, -0.2) is 18.8 Å². The second kappa shape index (κ2) is 4.76. The first kappa shape index (κ1) is 13.4. The zero-order valence-electron chi connectivity index (χ0n) is 10.0. The fraction of sp³-hybridized carbons (Fsp3) is 0.0833. The topological polar surface area (TPSA) is 66.5 Å². The Morgan fingerprint density at radius 1 is 1.30 bits per heavy atom. The summed E-state index contributed by atoms with van der Waals surface area (Å²) in [5.41, 5.74) is 0.984. The largest absolute Gasteiger partial charge is 0.336 e. The molecule has 3 rings (SSSR count). The van der Waals surface area contributed by atoms with Crippen molar-refractivity contribution in [1.29, 1.82) is 0 Å². The first-order valence-corrected chi connectivity index (χ1v) is 8.39. The molecule has 2 heterocycles. The number of sulfonamides is 1. The molecule has 2 aromatic rings. The number of nitrogens with zero attached hydrogens (tertiary/aromatic N) is 1. The number of hydrogen-bond acceptors (Lipinski definition) is 4. The monoisotopic (exact) mass is 328 g/mol. The number of fused-ring (bicyclic) bond motifs is 1. The molecule has 5 nitrogen and oxygen atoms in total. The Morgan fingerprint density at radius 3 is 2.85 bits per heavy atom. The number of amides is 2. The molecule has 0 spiro atoms. The average molecular weight is 329 g/mol. The number of carbonyl (C=O) groups is 1. The number of nitrogens with one attached hydrogen (secondary N) is 1. The quantitative estimate of drug-likeness (QED) is 0.921. The molecule has 104 valence electrons. The van der Waals surface area contributed by atoms with Crippen LogP contribution in [0.4, 0.5) is 10.5 Å². The Balaban J connectivity index is 2.00. The highest BCUT2D eigenvalue weighted by Gasteiger charge is 2.37. The average Bonchev–Trinajstić information content (AvgIpc) is 2.84. The van der Waals surface area contributed by atoms with Crippen molar-refractivity contribution in [3.8, 4) is 0 Å². The smallest absolute Gasteiger partial charge is 0.305 e. The molecule has 0 fully saturated rings. The van der Waals surface area contributed by atoms with E-state index in [0.717, 1.165) is 4.31 Å². The van der Waals surface area contributed by atoms with Gasteiger partial charge in [-0.1, -0.05) is 23.7 Å². The predicted molar refractivity (Wildman–Crippen MR) is 77.5 cm³/mol. The molecule has 1 aliphatic rings. The van der Waals surface area contributed by atoms with Crippen LogP contribution < -0.4 is 5.32 Å². The fourth-order valence-electron chi connectivity index (χ4n) is 1.94. The van der Waals surface area contributed by atoms with Crippen molar-refractivity contribution in [3.63, 3.8) is 0 Å². The standard InChI is InChI=1S/C12H9ClN2O3S2/c13-9-3-1-2-8(4-9)5-15-12(16)14-10-6-19-7-11(10)20(15,17)18/h1-4,6-7H,5H2,(H,14,16). The number of hydrogen-bond donors (Lipinski definition) is 1. The van der Waals surface area contributed by atoms with Gasteiger partial charge in [-0.2, -0.15) is 0 Å². The third kappa shape index (κ3) is 2.17. The van der Waals surface area contributed by atoms with Crippen molar-refractivity contribution in [1.82, 2.24) is 4.31 Å². The van der Waals surface area contributed by atoms with Gasteiger partial charge in [-0.15, -0.1) is 11.3 Å². The third-order valence-electron chi connectivity index (χ3n) is 2.88. The normalized spacial score (nSPS) is 16.6. The van der Waals surface area contributed by atoms with Crippen LogP contribution in [0.2, 0.25) is 5.02 Å². The zero-order chi connectivity index (χ0) is 14.3. The van der Waals surface area contributed by atoms with E-state index in [1.807, 2.05) is 0 Å². The van der Waals surface area contributed by atoms with E-state index < -0.39 is 16.1 Å². The number of urea groups is 1. The van der Waals surface area contributed by atoms with Crippen LogP contribution in [0.15, 0.2) is 39.9 Å². The van der Waals surface area contributed by atoms with Crippen LogP contribution >= 0.6 is 22.9 Å². The predicted octanol–water partition coefficient (Wildman–Crippen LogP) is 3.14. The van der Waals surface area contributed by atoms with Gasteiger partial charge in [-0.25, -0.2) is 17.5 Å². The van der Waals surface area contributed by atoms with E-state index in [0.29, 0.717) is 16.3 Å². The van der Waals surface area contributed by atoms with Crippen LogP contribution in [0.5, 0.6) is 0 Å². The molecular formula is C12H9ClN2O3S2. The number of anilines is 1. The van der Waals surface area contributed by atoms with Crippen molar-refractivity contribution in [2.24, 2.45) is 0 Å². The molecule has 0 radical (unpaired) electrons. The van der Waals surface area contributed by atoms with Crippen molar-refractivity contribution in [2.75, 3.05) is 5.32 Å². The highest BCUT2D eigenvalue weighted by molar-refractivity contribution is 7.90. The van der Waals surface area contributed by atoms with Crippen molar-refractivity contribution < 1.29 is 13.2 Å². The minimum absolute atomic E-state index is 0.0516. The highest BCUT2D eigenvalue weighted by Crippen LogP contribution is 2.33. The number of benzene rings is 1. The van der Waals surface area contributed by atoms with Gasteiger partial charge in [0.05, 0.1) is 12.2 Å². The van der Waals surface area contributed by atoms with Crippen LogP contribution in [0.25, 0.3) is 0 Å². The van der Waals surface area contributed by atoms with E-state index in [4.69, 9.17) is 11.6 Å². The Bertz CT molecular complexity index is 786.